The minimum absolute atomic E-state index is 0.0331. The molecule has 34 heavy (non-hydrogen) atoms. The van der Waals surface area contributed by atoms with Crippen molar-refractivity contribution in [1.82, 2.24) is 5.32 Å². The number of nitriles is 1. The van der Waals surface area contributed by atoms with Gasteiger partial charge in [-0.3, -0.25) is 0 Å². The van der Waals surface area contributed by atoms with Gasteiger partial charge in [0.15, 0.2) is 11.6 Å². The van der Waals surface area contributed by atoms with Crippen molar-refractivity contribution in [2.75, 3.05) is 33.4 Å². The van der Waals surface area contributed by atoms with Gasteiger partial charge in [0.25, 0.3) is 0 Å². The highest BCUT2D eigenvalue weighted by Crippen LogP contribution is 2.39. The van der Waals surface area contributed by atoms with Crippen molar-refractivity contribution in [2.45, 2.75) is 19.8 Å². The molecule has 0 radical (unpaired) electrons. The average Bonchev–Trinajstić information content (AvgIpc) is 2.84. The van der Waals surface area contributed by atoms with E-state index < -0.39 is 5.82 Å². The van der Waals surface area contributed by atoms with E-state index in [1.807, 2.05) is 30.3 Å². The van der Waals surface area contributed by atoms with Gasteiger partial charge >= 0.3 is 0 Å². The number of hydrogen-bond donors (Lipinski definition) is 1. The molecule has 1 unspecified atom stereocenters. The van der Waals surface area contributed by atoms with E-state index in [0.717, 1.165) is 24.2 Å². The zero-order valence-corrected chi connectivity index (χ0v) is 20.5. The Morgan fingerprint density at radius 1 is 1.00 bits per heavy atom. The summed E-state index contributed by atoms with van der Waals surface area (Å²) in [6.45, 7) is 6.46. The molecule has 0 saturated carbocycles. The second-order valence-electron chi connectivity index (χ2n) is 8.51. The standard InChI is InChI=1S/C28H30ClFN2O2/c1-19(2)17-32-18-24(20-7-5-4-6-8-20)21-9-11-25(29)23(15-21)27-22(16-31)10-12-26(28(27)30)34-14-13-33-3/h4-12,15,19,24,32H,13-14,17-18H2,1-3H3. The molecule has 3 aromatic carbocycles. The van der Waals surface area contributed by atoms with Crippen LogP contribution in [0.1, 0.15) is 36.5 Å². The molecule has 0 aliphatic heterocycles. The third-order valence-electron chi connectivity index (χ3n) is 5.54. The van der Waals surface area contributed by atoms with Crippen molar-refractivity contribution in [3.05, 3.63) is 88.2 Å². The number of rotatable bonds is 11. The number of methoxy groups -OCH3 is 1. The van der Waals surface area contributed by atoms with Gasteiger partial charge in [-0.1, -0.05) is 61.8 Å². The Morgan fingerprint density at radius 3 is 2.44 bits per heavy atom. The molecule has 0 fully saturated rings. The Bertz CT molecular complexity index is 1130. The minimum atomic E-state index is -0.608. The summed E-state index contributed by atoms with van der Waals surface area (Å²) in [5.41, 5.74) is 2.94. The Hall–Kier alpha value is -2.91. The lowest BCUT2D eigenvalue weighted by Crippen LogP contribution is -2.26. The fourth-order valence-corrected chi connectivity index (χ4v) is 4.05. The molecule has 178 valence electrons. The quantitative estimate of drug-likeness (QED) is 0.322. The lowest BCUT2D eigenvalue weighted by molar-refractivity contribution is 0.144. The van der Waals surface area contributed by atoms with Gasteiger partial charge in [-0.05, 0) is 47.9 Å². The monoisotopic (exact) mass is 480 g/mol. The van der Waals surface area contributed by atoms with Crippen LogP contribution in [-0.4, -0.2) is 33.4 Å². The van der Waals surface area contributed by atoms with Gasteiger partial charge in [-0.2, -0.15) is 5.26 Å². The highest BCUT2D eigenvalue weighted by atomic mass is 35.5. The van der Waals surface area contributed by atoms with Gasteiger partial charge in [0, 0.05) is 35.7 Å². The van der Waals surface area contributed by atoms with E-state index in [4.69, 9.17) is 21.1 Å². The molecule has 0 aromatic heterocycles. The molecule has 0 heterocycles. The Kier molecular flexibility index (Phi) is 9.47. The normalized spacial score (nSPS) is 11.9. The molecule has 0 spiro atoms. The SMILES string of the molecule is COCCOc1ccc(C#N)c(-c2cc(C(CNCC(C)C)c3ccccc3)ccc2Cl)c1F. The second kappa shape index (κ2) is 12.5. The summed E-state index contributed by atoms with van der Waals surface area (Å²) in [6.07, 6.45) is 0. The third-order valence-corrected chi connectivity index (χ3v) is 5.87. The van der Waals surface area contributed by atoms with Crippen LogP contribution in [0.25, 0.3) is 11.1 Å². The predicted octanol–water partition coefficient (Wildman–Crippen LogP) is 6.42. The molecule has 0 saturated heterocycles. The van der Waals surface area contributed by atoms with E-state index in [2.05, 4.69) is 37.4 Å². The van der Waals surface area contributed by atoms with Crippen molar-refractivity contribution in [2.24, 2.45) is 5.92 Å². The van der Waals surface area contributed by atoms with E-state index in [9.17, 15) is 5.26 Å². The number of nitrogens with zero attached hydrogens (tertiary/aromatic N) is 1. The molecule has 3 rings (SSSR count). The first kappa shape index (κ1) is 25.7. The largest absolute Gasteiger partial charge is 0.488 e. The first-order valence-electron chi connectivity index (χ1n) is 11.4. The molecule has 0 amide bonds. The van der Waals surface area contributed by atoms with Crippen LogP contribution in [0.2, 0.25) is 5.02 Å². The summed E-state index contributed by atoms with van der Waals surface area (Å²) in [6, 6.07) is 20.9. The molecule has 0 bridgehead atoms. The molecular weight excluding hydrogens is 451 g/mol. The maximum atomic E-state index is 15.6. The summed E-state index contributed by atoms with van der Waals surface area (Å²) in [7, 11) is 1.55. The summed E-state index contributed by atoms with van der Waals surface area (Å²) in [5, 5.41) is 13.6. The fourth-order valence-electron chi connectivity index (χ4n) is 3.84. The molecule has 1 N–H and O–H groups in total. The smallest absolute Gasteiger partial charge is 0.174 e. The molecule has 0 aliphatic rings. The molecular formula is C28H30ClFN2O2. The van der Waals surface area contributed by atoms with Crippen LogP contribution >= 0.6 is 11.6 Å². The van der Waals surface area contributed by atoms with Crippen LogP contribution in [0.5, 0.6) is 5.75 Å². The fraction of sp³-hybridized carbons (Fsp3) is 0.321. The van der Waals surface area contributed by atoms with E-state index in [1.54, 1.807) is 19.2 Å². The summed E-state index contributed by atoms with van der Waals surface area (Å²) in [4.78, 5) is 0. The summed E-state index contributed by atoms with van der Waals surface area (Å²) < 4.78 is 26.1. The summed E-state index contributed by atoms with van der Waals surface area (Å²) >= 11 is 6.55. The highest BCUT2D eigenvalue weighted by molar-refractivity contribution is 6.33. The lowest BCUT2D eigenvalue weighted by atomic mass is 9.88. The molecule has 0 aliphatic carbocycles. The number of hydrogen-bond acceptors (Lipinski definition) is 4. The first-order valence-corrected chi connectivity index (χ1v) is 11.7. The number of halogens is 2. The lowest BCUT2D eigenvalue weighted by Gasteiger charge is -2.21. The van der Waals surface area contributed by atoms with Crippen molar-refractivity contribution >= 4 is 11.6 Å². The molecule has 3 aromatic rings. The van der Waals surface area contributed by atoms with Gasteiger partial charge in [0.1, 0.15) is 6.61 Å². The zero-order valence-electron chi connectivity index (χ0n) is 19.8. The van der Waals surface area contributed by atoms with Gasteiger partial charge in [-0.25, -0.2) is 4.39 Å². The van der Waals surface area contributed by atoms with Gasteiger partial charge in [0.2, 0.25) is 0 Å². The van der Waals surface area contributed by atoms with Crippen LogP contribution < -0.4 is 10.1 Å². The first-order chi connectivity index (χ1) is 16.5. The van der Waals surface area contributed by atoms with Crippen LogP contribution in [0.4, 0.5) is 4.39 Å². The van der Waals surface area contributed by atoms with Crippen LogP contribution in [0.3, 0.4) is 0 Å². The number of ether oxygens (including phenoxy) is 2. The van der Waals surface area contributed by atoms with Crippen molar-refractivity contribution < 1.29 is 13.9 Å². The van der Waals surface area contributed by atoms with Gasteiger partial charge < -0.3 is 14.8 Å². The highest BCUT2D eigenvalue weighted by Gasteiger charge is 2.21. The van der Waals surface area contributed by atoms with E-state index in [0.29, 0.717) is 23.1 Å². The van der Waals surface area contributed by atoms with Crippen LogP contribution in [0.15, 0.2) is 60.7 Å². The van der Waals surface area contributed by atoms with E-state index in [-0.39, 0.29) is 29.4 Å². The molecule has 6 heteroatoms. The van der Waals surface area contributed by atoms with Crippen molar-refractivity contribution in [3.63, 3.8) is 0 Å². The maximum absolute atomic E-state index is 15.6. The van der Waals surface area contributed by atoms with E-state index in [1.165, 1.54) is 6.07 Å². The van der Waals surface area contributed by atoms with Crippen molar-refractivity contribution in [1.29, 1.82) is 5.26 Å². The number of benzene rings is 3. The molecule has 4 nitrogen and oxygen atoms in total. The maximum Gasteiger partial charge on any atom is 0.174 e. The predicted molar refractivity (Wildman–Crippen MR) is 135 cm³/mol. The molecule has 1 atom stereocenters. The minimum Gasteiger partial charge on any atom is -0.488 e. The van der Waals surface area contributed by atoms with Crippen LogP contribution in [-0.2, 0) is 4.74 Å². The Labute approximate surface area is 206 Å². The second-order valence-corrected chi connectivity index (χ2v) is 8.92. The van der Waals surface area contributed by atoms with Crippen molar-refractivity contribution in [3.8, 4) is 22.9 Å². The zero-order chi connectivity index (χ0) is 24.5. The topological polar surface area (TPSA) is 54.3 Å². The third kappa shape index (κ3) is 6.36. The van der Waals surface area contributed by atoms with Gasteiger partial charge in [-0.15, -0.1) is 0 Å². The van der Waals surface area contributed by atoms with Crippen LogP contribution in [0, 0.1) is 23.1 Å². The Morgan fingerprint density at radius 2 is 1.76 bits per heavy atom. The summed E-state index contributed by atoms with van der Waals surface area (Å²) in [5.74, 6) is 0.00478. The van der Waals surface area contributed by atoms with Gasteiger partial charge in [0.05, 0.1) is 18.2 Å². The average molecular weight is 481 g/mol. The van der Waals surface area contributed by atoms with E-state index >= 15 is 4.39 Å². The number of nitrogens with one attached hydrogen (secondary N) is 1. The Balaban J connectivity index is 2.07.